The normalized spacial score (nSPS) is 21.8. The highest BCUT2D eigenvalue weighted by atomic mass is 35.5. The first kappa shape index (κ1) is 20.8. The molecule has 164 valence electrons. The van der Waals surface area contributed by atoms with Crippen molar-refractivity contribution in [3.05, 3.63) is 64.1 Å². The van der Waals surface area contributed by atoms with Gasteiger partial charge in [-0.15, -0.1) is 0 Å². The average Bonchev–Trinajstić information content (AvgIpc) is 3.05. The van der Waals surface area contributed by atoms with Gasteiger partial charge in [-0.25, -0.2) is 4.39 Å². The van der Waals surface area contributed by atoms with Crippen molar-refractivity contribution in [3.63, 3.8) is 0 Å². The van der Waals surface area contributed by atoms with E-state index in [1.807, 2.05) is 13.0 Å². The molecule has 2 atom stereocenters. The van der Waals surface area contributed by atoms with E-state index in [9.17, 15) is 14.6 Å². The maximum Gasteiger partial charge on any atom is 0.126 e. The number of rotatable bonds is 3. The lowest BCUT2D eigenvalue weighted by molar-refractivity contribution is -0.0587. The van der Waals surface area contributed by atoms with Crippen molar-refractivity contribution in [1.29, 1.82) is 0 Å². The molecule has 1 saturated heterocycles. The number of ether oxygens (including phenoxy) is 1. The third-order valence-corrected chi connectivity index (χ3v) is 6.99. The van der Waals surface area contributed by atoms with Crippen LogP contribution in [0.25, 0.3) is 10.9 Å². The molecule has 0 unspecified atom stereocenters. The quantitative estimate of drug-likeness (QED) is 0.550. The van der Waals surface area contributed by atoms with E-state index in [0.29, 0.717) is 23.7 Å². The summed E-state index contributed by atoms with van der Waals surface area (Å²) in [5.74, 6) is 0.391. The Bertz CT molecular complexity index is 1120. The Kier molecular flexibility index (Phi) is 5.21. The topological polar surface area (TPSA) is 68.7 Å². The van der Waals surface area contributed by atoms with Gasteiger partial charge in [0.2, 0.25) is 0 Å². The van der Waals surface area contributed by atoms with Crippen molar-refractivity contribution in [2.75, 3.05) is 19.6 Å². The van der Waals surface area contributed by atoms with Gasteiger partial charge >= 0.3 is 0 Å². The molecule has 2 aliphatic rings. The molecule has 0 amide bonds. The van der Waals surface area contributed by atoms with Crippen LogP contribution in [0.2, 0.25) is 5.02 Å². The fourth-order valence-corrected chi connectivity index (χ4v) is 5.32. The number of piperidine rings is 1. The first-order valence-corrected chi connectivity index (χ1v) is 11.1. The molecule has 3 N–H and O–H groups in total. The largest absolute Gasteiger partial charge is 0.487 e. The number of aromatic amines is 1. The molecule has 31 heavy (non-hydrogen) atoms. The molecule has 1 spiro atoms. The summed E-state index contributed by atoms with van der Waals surface area (Å²) in [6.45, 7) is 3.88. The summed E-state index contributed by atoms with van der Waals surface area (Å²) >= 11 is 6.07. The number of β-amino-alcohol motifs (C(OH)–C–C–N with tert-alkyl or cyclic N) is 1. The molecule has 0 radical (unpaired) electrons. The van der Waals surface area contributed by atoms with Crippen LogP contribution in [-0.4, -0.2) is 45.3 Å². The van der Waals surface area contributed by atoms with Gasteiger partial charge in [0.25, 0.3) is 0 Å². The van der Waals surface area contributed by atoms with Crippen LogP contribution in [-0.2, 0) is 0 Å². The van der Waals surface area contributed by atoms with Gasteiger partial charge in [0, 0.05) is 58.8 Å². The molecule has 2 aliphatic heterocycles. The van der Waals surface area contributed by atoms with Crippen molar-refractivity contribution >= 4 is 22.5 Å². The Balaban J connectivity index is 1.28. The number of nitrogens with zero attached hydrogens (tertiary/aromatic N) is 1. The van der Waals surface area contributed by atoms with Gasteiger partial charge in [0.05, 0.1) is 12.2 Å². The number of fused-ring (bicyclic) bond motifs is 2. The minimum atomic E-state index is -0.717. The van der Waals surface area contributed by atoms with E-state index in [4.69, 9.17) is 16.3 Å². The fraction of sp³-hybridized carbons (Fsp3) is 0.417. The maximum absolute atomic E-state index is 13.8. The Labute approximate surface area is 185 Å². The highest BCUT2D eigenvalue weighted by molar-refractivity contribution is 6.30. The van der Waals surface area contributed by atoms with Crippen molar-refractivity contribution < 1.29 is 19.3 Å². The van der Waals surface area contributed by atoms with Crippen LogP contribution < -0.4 is 4.74 Å². The number of nitrogens with one attached hydrogen (secondary N) is 1. The number of benzene rings is 2. The maximum atomic E-state index is 13.8. The standard InChI is InChI=1S/C24H26ClFN2O3/c1-14-23(17-11-16(26)3-4-19(17)27-14)21(30)13-28-8-6-24(7-9-28)12-20(29)18-10-15(25)2-5-22(18)31-24/h2-5,10-11,20-21,27,29-30H,6-9,12-13H2,1H3/t20-,21+/m1/s1. The Morgan fingerprint density at radius 3 is 2.81 bits per heavy atom. The second-order valence-electron chi connectivity index (χ2n) is 8.86. The molecule has 0 aliphatic carbocycles. The van der Waals surface area contributed by atoms with Crippen LogP contribution in [0.3, 0.4) is 0 Å². The van der Waals surface area contributed by atoms with Gasteiger partial charge in [-0.05, 0) is 56.2 Å². The molecule has 1 fully saturated rings. The Morgan fingerprint density at radius 2 is 2.03 bits per heavy atom. The molecule has 7 heteroatoms. The summed E-state index contributed by atoms with van der Waals surface area (Å²) in [4.78, 5) is 5.44. The second kappa shape index (κ2) is 7.78. The summed E-state index contributed by atoms with van der Waals surface area (Å²) < 4.78 is 20.1. The lowest BCUT2D eigenvalue weighted by Crippen LogP contribution is -2.51. The molecular formula is C24H26ClFN2O3. The number of aryl methyl sites for hydroxylation is 1. The number of hydrogen-bond acceptors (Lipinski definition) is 4. The lowest BCUT2D eigenvalue weighted by atomic mass is 9.81. The molecule has 1 aromatic heterocycles. The average molecular weight is 445 g/mol. The van der Waals surface area contributed by atoms with E-state index in [2.05, 4.69) is 9.88 Å². The highest BCUT2D eigenvalue weighted by Gasteiger charge is 2.43. The molecular weight excluding hydrogens is 419 g/mol. The zero-order valence-electron chi connectivity index (χ0n) is 17.4. The third kappa shape index (κ3) is 3.82. The first-order valence-electron chi connectivity index (χ1n) is 10.7. The molecule has 3 heterocycles. The molecule has 0 bridgehead atoms. The summed E-state index contributed by atoms with van der Waals surface area (Å²) in [7, 11) is 0. The summed E-state index contributed by atoms with van der Waals surface area (Å²) in [5, 5.41) is 23.0. The van der Waals surface area contributed by atoms with Crippen molar-refractivity contribution in [2.24, 2.45) is 0 Å². The summed E-state index contributed by atoms with van der Waals surface area (Å²) in [5.41, 5.74) is 2.79. The van der Waals surface area contributed by atoms with Gasteiger partial charge in [0.15, 0.2) is 0 Å². The smallest absolute Gasteiger partial charge is 0.126 e. The van der Waals surface area contributed by atoms with Gasteiger partial charge in [0.1, 0.15) is 17.2 Å². The SMILES string of the molecule is Cc1[nH]c2ccc(F)cc2c1[C@@H](O)CN1CCC2(CC1)C[C@@H](O)c1cc(Cl)ccc1O2. The Morgan fingerprint density at radius 1 is 1.26 bits per heavy atom. The van der Waals surface area contributed by atoms with E-state index < -0.39 is 17.8 Å². The van der Waals surface area contributed by atoms with Crippen LogP contribution in [0.1, 0.15) is 48.3 Å². The van der Waals surface area contributed by atoms with Crippen molar-refractivity contribution in [2.45, 2.75) is 44.0 Å². The predicted molar refractivity (Wildman–Crippen MR) is 118 cm³/mol. The van der Waals surface area contributed by atoms with E-state index >= 15 is 0 Å². The van der Waals surface area contributed by atoms with Gasteiger partial charge in [-0.3, -0.25) is 0 Å². The minimum absolute atomic E-state index is 0.311. The predicted octanol–water partition coefficient (Wildman–Crippen LogP) is 4.65. The monoisotopic (exact) mass is 444 g/mol. The number of likely N-dealkylation sites (tertiary alicyclic amines) is 1. The van der Waals surface area contributed by atoms with Crippen molar-refractivity contribution in [1.82, 2.24) is 9.88 Å². The van der Waals surface area contributed by atoms with Crippen molar-refractivity contribution in [3.8, 4) is 5.75 Å². The molecule has 2 aromatic carbocycles. The minimum Gasteiger partial charge on any atom is -0.487 e. The number of H-pyrrole nitrogens is 1. The van der Waals surface area contributed by atoms with Crippen LogP contribution in [0, 0.1) is 12.7 Å². The zero-order valence-corrected chi connectivity index (χ0v) is 18.1. The highest BCUT2D eigenvalue weighted by Crippen LogP contribution is 2.45. The van der Waals surface area contributed by atoms with Crippen LogP contribution >= 0.6 is 11.6 Å². The van der Waals surface area contributed by atoms with Crippen LogP contribution in [0.5, 0.6) is 5.75 Å². The first-order chi connectivity index (χ1) is 14.8. The van der Waals surface area contributed by atoms with E-state index in [1.54, 1.807) is 18.2 Å². The van der Waals surface area contributed by atoms with Gasteiger partial charge in [-0.1, -0.05) is 11.6 Å². The molecule has 5 nitrogen and oxygen atoms in total. The second-order valence-corrected chi connectivity index (χ2v) is 9.29. The molecule has 5 rings (SSSR count). The number of aliphatic hydroxyl groups excluding tert-OH is 2. The zero-order chi connectivity index (χ0) is 21.8. The van der Waals surface area contributed by atoms with Crippen LogP contribution in [0.15, 0.2) is 36.4 Å². The number of aliphatic hydroxyl groups is 2. The Hall–Kier alpha value is -2.12. The lowest BCUT2D eigenvalue weighted by Gasteiger charge is -2.46. The molecule has 0 saturated carbocycles. The molecule has 3 aromatic rings. The van der Waals surface area contributed by atoms with Gasteiger partial charge in [-0.2, -0.15) is 0 Å². The number of halogens is 2. The van der Waals surface area contributed by atoms with Crippen LogP contribution in [0.4, 0.5) is 4.39 Å². The van der Waals surface area contributed by atoms with E-state index in [-0.39, 0.29) is 5.82 Å². The number of aromatic nitrogens is 1. The van der Waals surface area contributed by atoms with E-state index in [0.717, 1.165) is 53.7 Å². The summed E-state index contributed by atoms with van der Waals surface area (Å²) in [6, 6.07) is 9.98. The third-order valence-electron chi connectivity index (χ3n) is 6.75. The van der Waals surface area contributed by atoms with Gasteiger partial charge < -0.3 is 24.8 Å². The van der Waals surface area contributed by atoms with E-state index in [1.165, 1.54) is 12.1 Å². The number of hydrogen-bond donors (Lipinski definition) is 3. The summed E-state index contributed by atoms with van der Waals surface area (Å²) in [6.07, 6.45) is 0.756. The fourth-order valence-electron chi connectivity index (χ4n) is 5.14.